The van der Waals surface area contributed by atoms with E-state index in [1.807, 2.05) is 79.7 Å². The highest BCUT2D eigenvalue weighted by Crippen LogP contribution is 2.35. The number of carbonyl (C=O) groups is 1. The van der Waals surface area contributed by atoms with Crippen molar-refractivity contribution < 1.29 is 19.0 Å². The highest BCUT2D eigenvalue weighted by Gasteiger charge is 2.32. The average Bonchev–Trinajstić information content (AvgIpc) is 3.27. The number of nitrogens with zero attached hydrogens (tertiary/aromatic N) is 2. The third-order valence-corrected chi connectivity index (χ3v) is 8.33. The summed E-state index contributed by atoms with van der Waals surface area (Å²) in [5, 5.41) is 2.97. The van der Waals surface area contributed by atoms with E-state index in [0.29, 0.717) is 50.1 Å². The van der Waals surface area contributed by atoms with Gasteiger partial charge in [0.05, 0.1) is 46.2 Å². The number of para-hydroxylation sites is 1. The first kappa shape index (κ1) is 28.6. The van der Waals surface area contributed by atoms with Gasteiger partial charge in [0.25, 0.3) is 11.5 Å². The van der Waals surface area contributed by atoms with Gasteiger partial charge in [-0.15, -0.1) is 0 Å². The van der Waals surface area contributed by atoms with Gasteiger partial charge in [-0.1, -0.05) is 41.7 Å². The van der Waals surface area contributed by atoms with E-state index in [9.17, 15) is 9.59 Å². The lowest BCUT2D eigenvalue weighted by atomic mass is 9.95. The summed E-state index contributed by atoms with van der Waals surface area (Å²) in [6.07, 6.45) is 1.82. The maximum atomic E-state index is 14.0. The number of carbonyl (C=O) groups excluding carboxylic acids is 1. The van der Waals surface area contributed by atoms with Crippen LogP contribution in [0, 0.1) is 3.57 Å². The maximum absolute atomic E-state index is 14.0. The number of amides is 1. The maximum Gasteiger partial charge on any atom is 0.271 e. The highest BCUT2D eigenvalue weighted by atomic mass is 127. The Morgan fingerprint density at radius 2 is 1.88 bits per heavy atom. The lowest BCUT2D eigenvalue weighted by Crippen LogP contribution is -2.40. The number of benzene rings is 3. The monoisotopic (exact) mass is 681 g/mol. The van der Waals surface area contributed by atoms with Gasteiger partial charge >= 0.3 is 0 Å². The molecule has 3 aromatic carbocycles. The average molecular weight is 682 g/mol. The van der Waals surface area contributed by atoms with Gasteiger partial charge in [-0.25, -0.2) is 4.99 Å². The molecule has 1 aliphatic rings. The molecule has 8 nitrogen and oxygen atoms in total. The molecular formula is C31H28IN3O5S. The third kappa shape index (κ3) is 5.80. The second-order valence-corrected chi connectivity index (χ2v) is 11.3. The lowest BCUT2D eigenvalue weighted by Gasteiger charge is -2.25. The molecule has 2 heterocycles. The van der Waals surface area contributed by atoms with Crippen LogP contribution in [0.3, 0.4) is 0 Å². The van der Waals surface area contributed by atoms with Crippen LogP contribution in [0.4, 0.5) is 5.69 Å². The molecule has 0 aliphatic carbocycles. The van der Waals surface area contributed by atoms with E-state index in [1.54, 1.807) is 25.7 Å². The van der Waals surface area contributed by atoms with Crippen molar-refractivity contribution in [2.24, 2.45) is 4.99 Å². The summed E-state index contributed by atoms with van der Waals surface area (Å²) in [6, 6.07) is 19.7. The van der Waals surface area contributed by atoms with E-state index in [0.717, 1.165) is 14.7 Å². The van der Waals surface area contributed by atoms with Crippen molar-refractivity contribution in [2.75, 3.05) is 26.1 Å². The molecule has 1 aliphatic heterocycles. The quantitative estimate of drug-likeness (QED) is 0.268. The van der Waals surface area contributed by atoms with Crippen molar-refractivity contribution in [3.05, 3.63) is 112 Å². The van der Waals surface area contributed by atoms with Crippen LogP contribution in [-0.4, -0.2) is 31.3 Å². The number of anilines is 1. The number of hydrogen-bond acceptors (Lipinski definition) is 7. The largest absolute Gasteiger partial charge is 0.497 e. The minimum Gasteiger partial charge on any atom is -0.497 e. The number of aromatic nitrogens is 1. The summed E-state index contributed by atoms with van der Waals surface area (Å²) < 4.78 is 19.7. The van der Waals surface area contributed by atoms with Crippen LogP contribution >= 0.6 is 33.9 Å². The molecular weight excluding hydrogens is 653 g/mol. The Kier molecular flexibility index (Phi) is 8.60. The molecule has 41 heavy (non-hydrogen) atoms. The van der Waals surface area contributed by atoms with Crippen molar-refractivity contribution in [1.82, 2.24) is 4.57 Å². The number of fused-ring (bicyclic) bond motifs is 1. The van der Waals surface area contributed by atoms with E-state index >= 15 is 0 Å². The van der Waals surface area contributed by atoms with Crippen molar-refractivity contribution in [3.8, 4) is 17.2 Å². The first-order valence-corrected chi connectivity index (χ1v) is 14.8. The summed E-state index contributed by atoms with van der Waals surface area (Å²) in [5.41, 5.74) is 2.85. The van der Waals surface area contributed by atoms with Gasteiger partial charge in [0, 0.05) is 5.69 Å². The van der Waals surface area contributed by atoms with E-state index < -0.39 is 6.04 Å². The van der Waals surface area contributed by atoms with Gasteiger partial charge in [0.2, 0.25) is 0 Å². The van der Waals surface area contributed by atoms with Crippen LogP contribution in [0.2, 0.25) is 0 Å². The van der Waals surface area contributed by atoms with Crippen LogP contribution < -0.4 is 34.4 Å². The van der Waals surface area contributed by atoms with E-state index in [-0.39, 0.29) is 11.5 Å². The fourth-order valence-electron chi connectivity index (χ4n) is 4.72. The van der Waals surface area contributed by atoms with Crippen LogP contribution in [0.1, 0.15) is 31.0 Å². The number of hydrogen-bond donors (Lipinski definition) is 1. The Hall–Kier alpha value is -3.90. The molecule has 210 valence electrons. The van der Waals surface area contributed by atoms with Crippen LogP contribution in [-0.2, 0) is 4.79 Å². The minimum atomic E-state index is -0.706. The van der Waals surface area contributed by atoms with E-state index in [2.05, 4.69) is 27.9 Å². The van der Waals surface area contributed by atoms with Crippen LogP contribution in [0.15, 0.2) is 87.8 Å². The molecule has 1 atom stereocenters. The second kappa shape index (κ2) is 12.3. The molecule has 10 heteroatoms. The summed E-state index contributed by atoms with van der Waals surface area (Å²) in [6.45, 7) is 4.22. The molecule has 1 N–H and O–H groups in total. The van der Waals surface area contributed by atoms with Crippen molar-refractivity contribution in [2.45, 2.75) is 19.9 Å². The van der Waals surface area contributed by atoms with Gasteiger partial charge < -0.3 is 19.5 Å². The molecule has 0 bridgehead atoms. The normalized spacial score (nSPS) is 14.8. The Balaban J connectivity index is 1.67. The number of ether oxygens (including phenoxy) is 3. The molecule has 0 radical (unpaired) electrons. The minimum absolute atomic E-state index is 0.248. The zero-order valence-corrected chi connectivity index (χ0v) is 25.9. The molecule has 1 aromatic heterocycles. The molecule has 0 saturated heterocycles. The summed E-state index contributed by atoms with van der Waals surface area (Å²) in [5.74, 6) is 1.54. The van der Waals surface area contributed by atoms with Crippen molar-refractivity contribution in [3.63, 3.8) is 0 Å². The highest BCUT2D eigenvalue weighted by molar-refractivity contribution is 14.1. The SMILES string of the molecule is CCOc1c(I)cc(/C=c2\sc3n(c2=O)[C@H](c2cccc(OC)c2)C(C(=O)Nc2ccccc2)=C(C)N=3)cc1OC. The topological polar surface area (TPSA) is 91.2 Å². The Labute approximate surface area is 254 Å². The molecule has 0 spiro atoms. The summed E-state index contributed by atoms with van der Waals surface area (Å²) >= 11 is 3.48. The third-order valence-electron chi connectivity index (χ3n) is 6.55. The first-order valence-electron chi connectivity index (χ1n) is 12.9. The Bertz CT molecular complexity index is 1830. The zero-order valence-electron chi connectivity index (χ0n) is 22.9. The Morgan fingerprint density at radius 3 is 2.59 bits per heavy atom. The van der Waals surface area contributed by atoms with Crippen molar-refractivity contribution in [1.29, 1.82) is 0 Å². The van der Waals surface area contributed by atoms with Crippen LogP contribution in [0.5, 0.6) is 17.2 Å². The fraction of sp³-hybridized carbons (Fsp3) is 0.194. The lowest BCUT2D eigenvalue weighted by molar-refractivity contribution is -0.113. The molecule has 0 saturated carbocycles. The number of halogens is 1. The number of allylic oxidation sites excluding steroid dienone is 1. The first-order chi connectivity index (χ1) is 19.8. The second-order valence-electron chi connectivity index (χ2n) is 9.15. The van der Waals surface area contributed by atoms with Crippen molar-refractivity contribution >= 4 is 51.6 Å². The van der Waals surface area contributed by atoms with E-state index in [1.165, 1.54) is 11.3 Å². The van der Waals surface area contributed by atoms with Gasteiger partial charge in [0.1, 0.15) is 5.75 Å². The summed E-state index contributed by atoms with van der Waals surface area (Å²) in [4.78, 5) is 33.0. The van der Waals surface area contributed by atoms with Crippen LogP contribution in [0.25, 0.3) is 6.08 Å². The van der Waals surface area contributed by atoms with Gasteiger partial charge in [-0.2, -0.15) is 0 Å². The number of rotatable bonds is 8. The zero-order chi connectivity index (χ0) is 29.1. The van der Waals surface area contributed by atoms with E-state index in [4.69, 9.17) is 19.2 Å². The molecule has 4 aromatic rings. The standard InChI is InChI=1S/C31H28IN3O5S/c1-5-40-28-23(32)14-19(15-24(28)39-4)16-25-30(37)35-27(20-10-9-13-22(17-20)38-3)26(18(2)33-31(35)41-25)29(36)34-21-11-7-6-8-12-21/h6-17,27H,5H2,1-4H3,(H,34,36)/b25-16-/t27-/m1/s1. The molecule has 0 fully saturated rings. The number of thiazole rings is 1. The van der Waals surface area contributed by atoms with Gasteiger partial charge in [-0.3, -0.25) is 14.2 Å². The predicted octanol–water partition coefficient (Wildman–Crippen LogP) is 4.89. The molecule has 1 amide bonds. The number of nitrogens with one attached hydrogen (secondary N) is 1. The van der Waals surface area contributed by atoms with Gasteiger partial charge in [-0.05, 0) is 90.0 Å². The molecule has 5 rings (SSSR count). The fourth-order valence-corrected chi connectivity index (χ4v) is 6.55. The summed E-state index contributed by atoms with van der Waals surface area (Å²) in [7, 11) is 3.17. The molecule has 0 unspecified atom stereocenters. The predicted molar refractivity (Wildman–Crippen MR) is 169 cm³/mol. The van der Waals surface area contributed by atoms with Gasteiger partial charge in [0.15, 0.2) is 16.3 Å². The Morgan fingerprint density at radius 1 is 1.10 bits per heavy atom. The number of methoxy groups -OCH3 is 2. The smallest absolute Gasteiger partial charge is 0.271 e.